The Hall–Kier alpha value is -2.34. The molecule has 0 saturated carbocycles. The molecule has 1 N–H and O–H groups in total. The zero-order chi connectivity index (χ0) is 17.9. The van der Waals surface area contributed by atoms with Gasteiger partial charge in [-0.3, -0.25) is 4.79 Å². The van der Waals surface area contributed by atoms with Crippen molar-refractivity contribution in [1.82, 2.24) is 5.32 Å². The first-order valence-corrected chi connectivity index (χ1v) is 8.04. The van der Waals surface area contributed by atoms with Gasteiger partial charge in [-0.05, 0) is 29.7 Å². The van der Waals surface area contributed by atoms with Crippen molar-refractivity contribution in [2.24, 2.45) is 0 Å². The number of carbonyl (C=O) groups excluding carboxylic acids is 1. The lowest BCUT2D eigenvalue weighted by Crippen LogP contribution is -2.34. The molecule has 1 aliphatic heterocycles. The van der Waals surface area contributed by atoms with Gasteiger partial charge >= 0.3 is 12.1 Å². The van der Waals surface area contributed by atoms with Crippen molar-refractivity contribution >= 4 is 5.97 Å². The third-order valence-corrected chi connectivity index (χ3v) is 4.23. The Morgan fingerprint density at radius 2 is 1.72 bits per heavy atom. The van der Waals surface area contributed by atoms with Gasteiger partial charge in [-0.1, -0.05) is 42.5 Å². The lowest BCUT2D eigenvalue weighted by molar-refractivity contribution is -0.143. The predicted molar refractivity (Wildman–Crippen MR) is 86.8 cm³/mol. The number of rotatable bonds is 3. The van der Waals surface area contributed by atoms with Crippen LogP contribution < -0.4 is 5.32 Å². The molecule has 0 aliphatic carbocycles. The summed E-state index contributed by atoms with van der Waals surface area (Å²) in [5.74, 6) is -0.303. The van der Waals surface area contributed by atoms with Gasteiger partial charge in [-0.2, -0.15) is 13.2 Å². The largest absolute Gasteiger partial charge is 0.464 e. The van der Waals surface area contributed by atoms with Crippen molar-refractivity contribution in [3.05, 3.63) is 71.3 Å². The number of benzene rings is 2. The fraction of sp³-hybridized carbons (Fsp3) is 0.316. The Kier molecular flexibility index (Phi) is 5.08. The van der Waals surface area contributed by atoms with Gasteiger partial charge in [0.25, 0.3) is 0 Å². The number of cyclic esters (lactones) is 1. The molecule has 0 amide bonds. The lowest BCUT2D eigenvalue weighted by Gasteiger charge is -2.21. The maximum Gasteiger partial charge on any atom is 0.416 e. The van der Waals surface area contributed by atoms with Gasteiger partial charge in [0.15, 0.2) is 0 Å². The highest BCUT2D eigenvalue weighted by molar-refractivity contribution is 5.70. The lowest BCUT2D eigenvalue weighted by atomic mass is 10.00. The minimum Gasteiger partial charge on any atom is -0.464 e. The second-order valence-electron chi connectivity index (χ2n) is 6.11. The fourth-order valence-corrected chi connectivity index (χ4v) is 2.95. The number of esters is 1. The van der Waals surface area contributed by atoms with Crippen molar-refractivity contribution in [1.29, 1.82) is 0 Å². The number of hydrogen-bond acceptors (Lipinski definition) is 3. The first-order valence-electron chi connectivity index (χ1n) is 8.04. The van der Waals surface area contributed by atoms with Gasteiger partial charge in [0.2, 0.25) is 0 Å². The smallest absolute Gasteiger partial charge is 0.416 e. The average molecular weight is 349 g/mol. The number of nitrogens with one attached hydrogen (secondary N) is 1. The van der Waals surface area contributed by atoms with E-state index in [4.69, 9.17) is 4.74 Å². The Balaban J connectivity index is 1.72. The molecule has 1 saturated heterocycles. The van der Waals surface area contributed by atoms with Gasteiger partial charge in [0, 0.05) is 6.04 Å². The predicted octanol–water partition coefficient (Wildman–Crippen LogP) is 3.89. The highest BCUT2D eigenvalue weighted by Gasteiger charge is 2.30. The van der Waals surface area contributed by atoms with Gasteiger partial charge in [0.1, 0.15) is 6.61 Å². The fourth-order valence-electron chi connectivity index (χ4n) is 2.95. The number of carbonyl (C=O) groups is 1. The standard InChI is InChI=1S/C19H18F3NO2/c20-19(21,22)15-8-6-13(7-9-15)10-16-11-18(24)25-12-17(23-16)14-4-2-1-3-5-14/h1-9,16-17,23H,10-12H2/t16-,17-/m1/s1. The zero-order valence-electron chi connectivity index (χ0n) is 13.4. The summed E-state index contributed by atoms with van der Waals surface area (Å²) >= 11 is 0. The molecule has 132 valence electrons. The first-order chi connectivity index (χ1) is 11.9. The van der Waals surface area contributed by atoms with Crippen LogP contribution in [0.3, 0.4) is 0 Å². The highest BCUT2D eigenvalue weighted by Crippen LogP contribution is 2.29. The van der Waals surface area contributed by atoms with E-state index in [0.29, 0.717) is 6.42 Å². The molecule has 0 spiro atoms. The summed E-state index contributed by atoms with van der Waals surface area (Å²) in [5, 5.41) is 3.39. The second kappa shape index (κ2) is 7.27. The second-order valence-corrected chi connectivity index (χ2v) is 6.11. The van der Waals surface area contributed by atoms with Crippen LogP contribution in [0.25, 0.3) is 0 Å². The van der Waals surface area contributed by atoms with Crippen LogP contribution in [0.5, 0.6) is 0 Å². The molecule has 0 radical (unpaired) electrons. The van der Waals surface area contributed by atoms with Crippen LogP contribution in [0.1, 0.15) is 29.2 Å². The van der Waals surface area contributed by atoms with Crippen molar-refractivity contribution in [2.45, 2.75) is 31.1 Å². The van der Waals surface area contributed by atoms with Gasteiger partial charge in [-0.15, -0.1) is 0 Å². The molecule has 6 heteroatoms. The van der Waals surface area contributed by atoms with E-state index in [2.05, 4.69) is 5.32 Å². The van der Waals surface area contributed by atoms with Crippen molar-refractivity contribution < 1.29 is 22.7 Å². The zero-order valence-corrected chi connectivity index (χ0v) is 13.4. The summed E-state index contributed by atoms with van der Waals surface area (Å²) in [4.78, 5) is 11.8. The SMILES string of the molecule is O=C1C[C@@H](Cc2ccc(C(F)(F)F)cc2)N[C@@H](c2ccccc2)CO1. The molecular formula is C19H18F3NO2. The Labute approximate surface area is 143 Å². The number of ether oxygens (including phenoxy) is 1. The van der Waals surface area contributed by atoms with E-state index in [1.807, 2.05) is 30.3 Å². The summed E-state index contributed by atoms with van der Waals surface area (Å²) in [6, 6.07) is 14.4. The molecule has 3 nitrogen and oxygen atoms in total. The third-order valence-electron chi connectivity index (χ3n) is 4.23. The van der Waals surface area contributed by atoms with Crippen LogP contribution in [0.4, 0.5) is 13.2 Å². The minimum absolute atomic E-state index is 0.132. The average Bonchev–Trinajstić information content (AvgIpc) is 2.77. The molecule has 0 bridgehead atoms. The van der Waals surface area contributed by atoms with Crippen LogP contribution in [0, 0.1) is 0 Å². The third kappa shape index (κ3) is 4.60. The molecule has 2 atom stereocenters. The molecular weight excluding hydrogens is 331 g/mol. The normalized spacial score (nSPS) is 21.5. The highest BCUT2D eigenvalue weighted by atomic mass is 19.4. The number of halogens is 3. The number of hydrogen-bond donors (Lipinski definition) is 1. The summed E-state index contributed by atoms with van der Waals surface area (Å²) in [7, 11) is 0. The van der Waals surface area contributed by atoms with Crippen molar-refractivity contribution in [2.75, 3.05) is 6.61 Å². The Bertz CT molecular complexity index is 714. The minimum atomic E-state index is -4.35. The van der Waals surface area contributed by atoms with Crippen molar-refractivity contribution in [3.63, 3.8) is 0 Å². The molecule has 1 heterocycles. The summed E-state index contributed by atoms with van der Waals surface area (Å²) < 4.78 is 43.2. The number of alkyl halides is 3. The monoisotopic (exact) mass is 349 g/mol. The van der Waals surface area contributed by atoms with Crippen LogP contribution in [0.2, 0.25) is 0 Å². The van der Waals surface area contributed by atoms with Crippen LogP contribution in [-0.2, 0) is 22.1 Å². The summed E-state index contributed by atoms with van der Waals surface area (Å²) in [6.45, 7) is 0.242. The van der Waals surface area contributed by atoms with Gasteiger partial charge in [0.05, 0.1) is 18.0 Å². The van der Waals surface area contributed by atoms with Crippen molar-refractivity contribution in [3.8, 4) is 0 Å². The van der Waals surface area contributed by atoms with E-state index in [-0.39, 0.29) is 31.1 Å². The summed E-state index contributed by atoms with van der Waals surface area (Å²) in [5.41, 5.74) is 1.08. The van der Waals surface area contributed by atoms with Crippen LogP contribution in [0.15, 0.2) is 54.6 Å². The molecule has 1 fully saturated rings. The van der Waals surface area contributed by atoms with E-state index >= 15 is 0 Å². The topological polar surface area (TPSA) is 38.3 Å². The van der Waals surface area contributed by atoms with Gasteiger partial charge < -0.3 is 10.1 Å². The first kappa shape index (κ1) is 17.5. The molecule has 2 aromatic rings. The molecule has 0 aromatic heterocycles. The molecule has 2 aromatic carbocycles. The van der Waals surface area contributed by atoms with Gasteiger partial charge in [-0.25, -0.2) is 0 Å². The van der Waals surface area contributed by atoms with Crippen LogP contribution in [-0.4, -0.2) is 18.6 Å². The molecule has 1 aliphatic rings. The van der Waals surface area contributed by atoms with E-state index < -0.39 is 11.7 Å². The maximum absolute atomic E-state index is 12.6. The molecule has 0 unspecified atom stereocenters. The van der Waals surface area contributed by atoms with Crippen LogP contribution >= 0.6 is 0 Å². The van der Waals surface area contributed by atoms with E-state index in [1.165, 1.54) is 12.1 Å². The quantitative estimate of drug-likeness (QED) is 0.855. The molecule has 3 rings (SSSR count). The summed E-state index contributed by atoms with van der Waals surface area (Å²) in [6.07, 6.45) is -3.71. The van der Waals surface area contributed by atoms with E-state index in [0.717, 1.165) is 23.3 Å². The van der Waals surface area contributed by atoms with E-state index in [1.54, 1.807) is 0 Å². The van der Waals surface area contributed by atoms with E-state index in [9.17, 15) is 18.0 Å². The Morgan fingerprint density at radius 1 is 1.04 bits per heavy atom. The maximum atomic E-state index is 12.6. The Morgan fingerprint density at radius 3 is 2.36 bits per heavy atom. The molecule has 25 heavy (non-hydrogen) atoms.